The van der Waals surface area contributed by atoms with E-state index in [1.165, 1.54) is 0 Å². The Morgan fingerprint density at radius 3 is 2.50 bits per heavy atom. The Morgan fingerprint density at radius 2 is 1.91 bits per heavy atom. The van der Waals surface area contributed by atoms with Crippen molar-refractivity contribution in [3.8, 4) is 5.75 Å². The average molecular weight is 318 g/mol. The molecule has 0 fully saturated rings. The molecule has 1 N–H and O–H groups in total. The summed E-state index contributed by atoms with van der Waals surface area (Å²) < 4.78 is 5.54. The van der Waals surface area contributed by atoms with Crippen LogP contribution in [0.25, 0.3) is 0 Å². The second kappa shape index (κ2) is 7.09. The fraction of sp³-hybridized carbons (Fsp3) is 0.176. The lowest BCUT2D eigenvalue weighted by atomic mass is 10.2. The van der Waals surface area contributed by atoms with E-state index in [2.05, 4.69) is 5.32 Å². The normalized spacial score (nSPS) is 11.6. The van der Waals surface area contributed by atoms with Gasteiger partial charge in [0.1, 0.15) is 12.0 Å². The number of hydrogen-bond acceptors (Lipinski definition) is 3. The minimum atomic E-state index is -0.679. The molecule has 2 aromatic rings. The minimum absolute atomic E-state index is 0.278. The predicted molar refractivity (Wildman–Crippen MR) is 86.7 cm³/mol. The van der Waals surface area contributed by atoms with Crippen LogP contribution in [0.5, 0.6) is 5.75 Å². The van der Waals surface area contributed by atoms with E-state index < -0.39 is 6.10 Å². The molecule has 1 amide bonds. The van der Waals surface area contributed by atoms with Gasteiger partial charge in [-0.1, -0.05) is 17.7 Å². The molecular formula is C17H16ClNO3. The summed E-state index contributed by atoms with van der Waals surface area (Å²) >= 11 is 6.02. The number of aldehydes is 1. The molecule has 0 aliphatic heterocycles. The van der Waals surface area contributed by atoms with Crippen LogP contribution in [0.2, 0.25) is 5.02 Å². The molecular weight excluding hydrogens is 302 g/mol. The molecule has 0 bridgehead atoms. The first-order chi connectivity index (χ1) is 10.5. The predicted octanol–water partition coefficient (Wildman–Crippen LogP) is 3.87. The third kappa shape index (κ3) is 4.09. The van der Waals surface area contributed by atoms with Crippen molar-refractivity contribution in [1.82, 2.24) is 0 Å². The Labute approximate surface area is 134 Å². The monoisotopic (exact) mass is 317 g/mol. The van der Waals surface area contributed by atoms with Crippen LogP contribution in [-0.4, -0.2) is 18.3 Å². The summed E-state index contributed by atoms with van der Waals surface area (Å²) in [5.74, 6) is 0.245. The Morgan fingerprint density at radius 1 is 1.23 bits per heavy atom. The van der Waals surface area contributed by atoms with Gasteiger partial charge in [-0.05, 0) is 55.8 Å². The van der Waals surface area contributed by atoms with Gasteiger partial charge in [0.2, 0.25) is 0 Å². The van der Waals surface area contributed by atoms with Crippen molar-refractivity contribution in [2.24, 2.45) is 0 Å². The highest BCUT2D eigenvalue weighted by Gasteiger charge is 2.15. The van der Waals surface area contributed by atoms with Gasteiger partial charge < -0.3 is 10.1 Å². The van der Waals surface area contributed by atoms with Crippen LogP contribution in [0.3, 0.4) is 0 Å². The fourth-order valence-electron chi connectivity index (χ4n) is 1.80. The maximum absolute atomic E-state index is 12.1. The largest absolute Gasteiger partial charge is 0.481 e. The second-order valence-electron chi connectivity index (χ2n) is 4.90. The Kier molecular flexibility index (Phi) is 5.17. The molecule has 22 heavy (non-hydrogen) atoms. The number of hydrogen-bond donors (Lipinski definition) is 1. The summed E-state index contributed by atoms with van der Waals surface area (Å²) in [5, 5.41) is 3.34. The molecule has 0 radical (unpaired) electrons. The van der Waals surface area contributed by atoms with Crippen LogP contribution in [0.15, 0.2) is 42.5 Å². The van der Waals surface area contributed by atoms with E-state index in [4.69, 9.17) is 16.3 Å². The molecule has 0 heterocycles. The quantitative estimate of drug-likeness (QED) is 0.852. The molecule has 0 saturated heterocycles. The van der Waals surface area contributed by atoms with E-state index in [0.29, 0.717) is 22.0 Å². The molecule has 0 aliphatic carbocycles. The van der Waals surface area contributed by atoms with Gasteiger partial charge in [-0.3, -0.25) is 9.59 Å². The first-order valence-corrected chi connectivity index (χ1v) is 7.16. The van der Waals surface area contributed by atoms with Crippen LogP contribution in [0, 0.1) is 6.92 Å². The summed E-state index contributed by atoms with van der Waals surface area (Å²) in [6, 6.07) is 11.9. The second-order valence-corrected chi connectivity index (χ2v) is 5.31. The first kappa shape index (κ1) is 16.0. The number of amides is 1. The number of rotatable bonds is 5. The zero-order valence-corrected chi connectivity index (χ0v) is 13.1. The number of carbonyl (C=O) groups is 2. The number of carbonyl (C=O) groups excluding carboxylic acids is 2. The van der Waals surface area contributed by atoms with Crippen LogP contribution >= 0.6 is 11.6 Å². The van der Waals surface area contributed by atoms with Crippen molar-refractivity contribution >= 4 is 29.5 Å². The topological polar surface area (TPSA) is 55.4 Å². The Balaban J connectivity index is 1.98. The molecule has 1 unspecified atom stereocenters. The number of ether oxygens (including phenoxy) is 1. The van der Waals surface area contributed by atoms with E-state index in [-0.39, 0.29) is 5.91 Å². The molecule has 2 aromatic carbocycles. The number of aryl methyl sites for hydroxylation is 1. The van der Waals surface area contributed by atoms with Crippen molar-refractivity contribution in [2.75, 3.05) is 5.32 Å². The third-order valence-corrected chi connectivity index (χ3v) is 3.54. The van der Waals surface area contributed by atoms with Gasteiger partial charge in [0.25, 0.3) is 5.91 Å². The molecule has 2 rings (SSSR count). The van der Waals surface area contributed by atoms with Gasteiger partial charge in [0.05, 0.1) is 0 Å². The van der Waals surface area contributed by atoms with Gasteiger partial charge in [0.15, 0.2) is 6.10 Å². The summed E-state index contributed by atoms with van der Waals surface area (Å²) in [6.45, 7) is 3.54. The third-order valence-electron chi connectivity index (χ3n) is 3.14. The number of nitrogens with one attached hydrogen (secondary N) is 1. The van der Waals surface area contributed by atoms with Gasteiger partial charge in [-0.25, -0.2) is 0 Å². The summed E-state index contributed by atoms with van der Waals surface area (Å²) in [5.41, 5.74) is 2.12. The SMILES string of the molecule is Cc1ccc(NC(=O)C(C)Oc2ccc(C=O)cc2)cc1Cl. The zero-order valence-electron chi connectivity index (χ0n) is 12.3. The van der Waals surface area contributed by atoms with Gasteiger partial charge >= 0.3 is 0 Å². The molecule has 0 spiro atoms. The van der Waals surface area contributed by atoms with Crippen molar-refractivity contribution in [2.45, 2.75) is 20.0 Å². The smallest absolute Gasteiger partial charge is 0.265 e. The van der Waals surface area contributed by atoms with Crippen molar-refractivity contribution in [3.05, 3.63) is 58.6 Å². The van der Waals surface area contributed by atoms with E-state index in [1.54, 1.807) is 43.3 Å². The van der Waals surface area contributed by atoms with E-state index in [1.807, 2.05) is 13.0 Å². The molecule has 0 saturated carbocycles. The molecule has 0 aromatic heterocycles. The lowest BCUT2D eigenvalue weighted by Crippen LogP contribution is -2.30. The molecule has 5 heteroatoms. The first-order valence-electron chi connectivity index (χ1n) is 6.78. The molecule has 1 atom stereocenters. The van der Waals surface area contributed by atoms with E-state index in [0.717, 1.165) is 11.8 Å². The van der Waals surface area contributed by atoms with E-state index >= 15 is 0 Å². The van der Waals surface area contributed by atoms with Crippen LogP contribution < -0.4 is 10.1 Å². The zero-order chi connectivity index (χ0) is 16.1. The Hall–Kier alpha value is -2.33. The molecule has 114 valence electrons. The minimum Gasteiger partial charge on any atom is -0.481 e. The molecule has 4 nitrogen and oxygen atoms in total. The Bertz CT molecular complexity index is 683. The van der Waals surface area contributed by atoms with E-state index in [9.17, 15) is 9.59 Å². The van der Waals surface area contributed by atoms with Crippen molar-refractivity contribution < 1.29 is 14.3 Å². The van der Waals surface area contributed by atoms with Gasteiger partial charge in [-0.2, -0.15) is 0 Å². The molecule has 0 aliphatic rings. The van der Waals surface area contributed by atoms with Crippen LogP contribution in [0.1, 0.15) is 22.8 Å². The summed E-state index contributed by atoms with van der Waals surface area (Å²) in [4.78, 5) is 22.7. The highest BCUT2D eigenvalue weighted by molar-refractivity contribution is 6.31. The summed E-state index contributed by atoms with van der Waals surface area (Å²) in [6.07, 6.45) is 0.0725. The van der Waals surface area contributed by atoms with Gasteiger partial charge in [-0.15, -0.1) is 0 Å². The lowest BCUT2D eigenvalue weighted by molar-refractivity contribution is -0.122. The van der Waals surface area contributed by atoms with Crippen molar-refractivity contribution in [1.29, 1.82) is 0 Å². The standard InChI is InChI=1S/C17H16ClNO3/c1-11-3-6-14(9-16(11)18)19-17(21)12(2)22-15-7-4-13(10-20)5-8-15/h3-10,12H,1-2H3,(H,19,21). The highest BCUT2D eigenvalue weighted by Crippen LogP contribution is 2.20. The lowest BCUT2D eigenvalue weighted by Gasteiger charge is -2.15. The maximum Gasteiger partial charge on any atom is 0.265 e. The number of benzene rings is 2. The number of anilines is 1. The van der Waals surface area contributed by atoms with Crippen LogP contribution in [-0.2, 0) is 4.79 Å². The van der Waals surface area contributed by atoms with Crippen LogP contribution in [0.4, 0.5) is 5.69 Å². The number of halogens is 1. The van der Waals surface area contributed by atoms with Gasteiger partial charge in [0, 0.05) is 16.3 Å². The maximum atomic E-state index is 12.1. The summed E-state index contributed by atoms with van der Waals surface area (Å²) in [7, 11) is 0. The van der Waals surface area contributed by atoms with Crippen molar-refractivity contribution in [3.63, 3.8) is 0 Å². The highest BCUT2D eigenvalue weighted by atomic mass is 35.5. The fourth-order valence-corrected chi connectivity index (χ4v) is 1.98. The average Bonchev–Trinajstić information content (AvgIpc) is 2.51.